The number of rotatable bonds is 5. The predicted molar refractivity (Wildman–Crippen MR) is 127 cm³/mol. The SMILES string of the molecule is O=C(N[C@@H]1CCN(Cc2ccc3cc(F)ccc3c2)C1)c1ccccc1-c1ccccc1. The third-order valence-corrected chi connectivity index (χ3v) is 6.14. The number of amides is 1. The molecule has 1 N–H and O–H groups in total. The first-order chi connectivity index (χ1) is 15.7. The van der Waals surface area contributed by atoms with Crippen molar-refractivity contribution in [3.05, 3.63) is 108 Å². The molecule has 32 heavy (non-hydrogen) atoms. The lowest BCUT2D eigenvalue weighted by atomic mass is 9.99. The highest BCUT2D eigenvalue weighted by atomic mass is 19.1. The van der Waals surface area contributed by atoms with Crippen LogP contribution in [0.4, 0.5) is 4.39 Å². The fourth-order valence-corrected chi connectivity index (χ4v) is 4.53. The van der Waals surface area contributed by atoms with E-state index in [0.717, 1.165) is 48.0 Å². The van der Waals surface area contributed by atoms with Crippen LogP contribution in [-0.2, 0) is 6.54 Å². The number of halogens is 1. The fraction of sp³-hybridized carbons (Fsp3) is 0.179. The Morgan fingerprint density at radius 3 is 2.53 bits per heavy atom. The molecule has 1 heterocycles. The van der Waals surface area contributed by atoms with Gasteiger partial charge in [-0.2, -0.15) is 0 Å². The maximum absolute atomic E-state index is 13.4. The van der Waals surface area contributed by atoms with Crippen molar-refractivity contribution in [1.82, 2.24) is 10.2 Å². The molecular weight excluding hydrogens is 399 g/mol. The Morgan fingerprint density at radius 1 is 0.906 bits per heavy atom. The largest absolute Gasteiger partial charge is 0.348 e. The molecule has 1 aliphatic rings. The summed E-state index contributed by atoms with van der Waals surface area (Å²) in [5.41, 5.74) is 3.90. The van der Waals surface area contributed by atoms with E-state index < -0.39 is 0 Å². The number of benzene rings is 4. The molecular formula is C28H25FN2O. The molecule has 0 spiro atoms. The monoisotopic (exact) mass is 424 g/mol. The third-order valence-electron chi connectivity index (χ3n) is 6.14. The van der Waals surface area contributed by atoms with Crippen LogP contribution < -0.4 is 5.32 Å². The van der Waals surface area contributed by atoms with Crippen molar-refractivity contribution in [2.45, 2.75) is 19.0 Å². The summed E-state index contributed by atoms with van der Waals surface area (Å²) in [5.74, 6) is -0.235. The summed E-state index contributed by atoms with van der Waals surface area (Å²) in [4.78, 5) is 15.4. The van der Waals surface area contributed by atoms with Crippen molar-refractivity contribution in [3.8, 4) is 11.1 Å². The zero-order chi connectivity index (χ0) is 21.9. The average Bonchev–Trinajstić information content (AvgIpc) is 3.26. The van der Waals surface area contributed by atoms with E-state index >= 15 is 0 Å². The molecule has 1 saturated heterocycles. The van der Waals surface area contributed by atoms with Crippen LogP contribution in [-0.4, -0.2) is 29.9 Å². The Hall–Kier alpha value is -3.50. The summed E-state index contributed by atoms with van der Waals surface area (Å²) in [5, 5.41) is 5.20. The van der Waals surface area contributed by atoms with Gasteiger partial charge in [-0.05, 0) is 58.1 Å². The van der Waals surface area contributed by atoms with Gasteiger partial charge in [0.05, 0.1) is 0 Å². The van der Waals surface area contributed by atoms with Crippen LogP contribution in [0.1, 0.15) is 22.3 Å². The Bertz CT molecular complexity index is 1250. The number of carbonyl (C=O) groups excluding carboxylic acids is 1. The number of hydrogen-bond acceptors (Lipinski definition) is 2. The minimum Gasteiger partial charge on any atom is -0.348 e. The molecule has 1 atom stereocenters. The highest BCUT2D eigenvalue weighted by Crippen LogP contribution is 2.24. The van der Waals surface area contributed by atoms with Crippen LogP contribution in [0.15, 0.2) is 91.0 Å². The summed E-state index contributed by atoms with van der Waals surface area (Å²) in [6, 6.07) is 29.0. The van der Waals surface area contributed by atoms with Gasteiger partial charge in [-0.15, -0.1) is 0 Å². The van der Waals surface area contributed by atoms with E-state index in [4.69, 9.17) is 0 Å². The summed E-state index contributed by atoms with van der Waals surface area (Å²) in [7, 11) is 0. The van der Waals surface area contributed by atoms with E-state index in [1.54, 1.807) is 6.07 Å². The molecule has 0 aromatic heterocycles. The van der Waals surface area contributed by atoms with Gasteiger partial charge in [0.25, 0.3) is 5.91 Å². The van der Waals surface area contributed by atoms with E-state index in [-0.39, 0.29) is 17.8 Å². The standard InChI is InChI=1S/C28H25FN2O/c29-24-13-12-22-16-20(10-11-23(22)17-24)18-31-15-14-25(19-31)30-28(32)27-9-5-4-8-26(27)21-6-2-1-3-7-21/h1-13,16-17,25H,14-15,18-19H2,(H,30,32)/t25-/m1/s1. The molecule has 0 radical (unpaired) electrons. The summed E-state index contributed by atoms with van der Waals surface area (Å²) < 4.78 is 13.4. The molecule has 4 aromatic rings. The van der Waals surface area contributed by atoms with Crippen LogP contribution >= 0.6 is 0 Å². The van der Waals surface area contributed by atoms with Gasteiger partial charge >= 0.3 is 0 Å². The van der Waals surface area contributed by atoms with E-state index in [9.17, 15) is 9.18 Å². The lowest BCUT2D eigenvalue weighted by Gasteiger charge is -2.18. The van der Waals surface area contributed by atoms with Crippen LogP contribution in [0.3, 0.4) is 0 Å². The van der Waals surface area contributed by atoms with Crippen molar-refractivity contribution in [3.63, 3.8) is 0 Å². The second-order valence-corrected chi connectivity index (χ2v) is 8.43. The van der Waals surface area contributed by atoms with Crippen molar-refractivity contribution < 1.29 is 9.18 Å². The van der Waals surface area contributed by atoms with Crippen molar-refractivity contribution >= 4 is 16.7 Å². The maximum atomic E-state index is 13.4. The van der Waals surface area contributed by atoms with Crippen LogP contribution in [0, 0.1) is 5.82 Å². The van der Waals surface area contributed by atoms with Gasteiger partial charge in [0.2, 0.25) is 0 Å². The quantitative estimate of drug-likeness (QED) is 0.449. The Labute approximate surface area is 187 Å². The van der Waals surface area contributed by atoms with Gasteiger partial charge in [-0.3, -0.25) is 9.69 Å². The molecule has 5 rings (SSSR count). The third kappa shape index (κ3) is 4.41. The van der Waals surface area contributed by atoms with E-state index in [1.807, 2.05) is 66.7 Å². The smallest absolute Gasteiger partial charge is 0.252 e. The zero-order valence-electron chi connectivity index (χ0n) is 17.8. The fourth-order valence-electron chi connectivity index (χ4n) is 4.53. The second kappa shape index (κ2) is 8.93. The van der Waals surface area contributed by atoms with Gasteiger partial charge < -0.3 is 5.32 Å². The highest BCUT2D eigenvalue weighted by molar-refractivity contribution is 6.01. The van der Waals surface area contributed by atoms with E-state index in [1.165, 1.54) is 11.6 Å². The first-order valence-corrected chi connectivity index (χ1v) is 11.0. The maximum Gasteiger partial charge on any atom is 0.252 e. The molecule has 0 bridgehead atoms. The van der Waals surface area contributed by atoms with Crippen LogP contribution in [0.25, 0.3) is 21.9 Å². The van der Waals surface area contributed by atoms with Crippen molar-refractivity contribution in [2.24, 2.45) is 0 Å². The zero-order valence-corrected chi connectivity index (χ0v) is 17.8. The van der Waals surface area contributed by atoms with E-state index in [2.05, 4.69) is 22.3 Å². The van der Waals surface area contributed by atoms with Crippen molar-refractivity contribution in [2.75, 3.05) is 13.1 Å². The highest BCUT2D eigenvalue weighted by Gasteiger charge is 2.25. The number of carbonyl (C=O) groups is 1. The number of nitrogens with one attached hydrogen (secondary N) is 1. The molecule has 1 aliphatic heterocycles. The molecule has 3 nitrogen and oxygen atoms in total. The molecule has 4 heteroatoms. The molecule has 0 unspecified atom stereocenters. The van der Waals surface area contributed by atoms with Crippen molar-refractivity contribution in [1.29, 1.82) is 0 Å². The first kappa shape index (κ1) is 20.4. The lowest BCUT2D eigenvalue weighted by molar-refractivity contribution is 0.0938. The normalized spacial score (nSPS) is 16.3. The topological polar surface area (TPSA) is 32.3 Å². The van der Waals surface area contributed by atoms with Gasteiger partial charge in [0, 0.05) is 31.2 Å². The van der Waals surface area contributed by atoms with Gasteiger partial charge in [0.1, 0.15) is 5.82 Å². The lowest BCUT2D eigenvalue weighted by Crippen LogP contribution is -2.37. The summed E-state index contributed by atoms with van der Waals surface area (Å²) in [6.45, 7) is 2.58. The Kier molecular flexibility index (Phi) is 5.70. The van der Waals surface area contributed by atoms with Crippen LogP contribution in [0.2, 0.25) is 0 Å². The Balaban J connectivity index is 1.24. The predicted octanol–water partition coefficient (Wildman–Crippen LogP) is 5.65. The molecule has 0 saturated carbocycles. The van der Waals surface area contributed by atoms with Crippen LogP contribution in [0.5, 0.6) is 0 Å². The molecule has 0 aliphatic carbocycles. The second-order valence-electron chi connectivity index (χ2n) is 8.43. The summed E-state index contributed by atoms with van der Waals surface area (Å²) >= 11 is 0. The average molecular weight is 425 g/mol. The summed E-state index contributed by atoms with van der Waals surface area (Å²) in [6.07, 6.45) is 0.929. The van der Waals surface area contributed by atoms with Gasteiger partial charge in [0.15, 0.2) is 0 Å². The number of nitrogens with zero attached hydrogens (tertiary/aromatic N) is 1. The minimum absolute atomic E-state index is 0.0240. The molecule has 160 valence electrons. The number of hydrogen-bond donors (Lipinski definition) is 1. The molecule has 4 aromatic carbocycles. The molecule has 1 amide bonds. The minimum atomic E-state index is -0.211. The Morgan fingerprint density at radius 2 is 1.66 bits per heavy atom. The number of fused-ring (bicyclic) bond motifs is 1. The van der Waals surface area contributed by atoms with E-state index in [0.29, 0.717) is 5.56 Å². The van der Waals surface area contributed by atoms with Gasteiger partial charge in [-0.1, -0.05) is 66.7 Å². The van der Waals surface area contributed by atoms with Gasteiger partial charge in [-0.25, -0.2) is 4.39 Å². The number of likely N-dealkylation sites (tertiary alicyclic amines) is 1. The molecule has 1 fully saturated rings. The first-order valence-electron chi connectivity index (χ1n) is 11.0.